The number of ether oxygens (including phenoxy) is 1. The second kappa shape index (κ2) is 7.99. The Hall–Kier alpha value is -2.21. The molecule has 0 spiro atoms. The summed E-state index contributed by atoms with van der Waals surface area (Å²) in [6.07, 6.45) is 2.53. The second-order valence-corrected chi connectivity index (χ2v) is 7.34. The van der Waals surface area contributed by atoms with E-state index >= 15 is 0 Å². The fourth-order valence-corrected chi connectivity index (χ4v) is 3.66. The van der Waals surface area contributed by atoms with E-state index in [1.54, 1.807) is 24.3 Å². The normalized spacial score (nSPS) is 21.5. The molecule has 1 aromatic carbocycles. The van der Waals surface area contributed by atoms with Crippen LogP contribution in [0.15, 0.2) is 24.3 Å². The van der Waals surface area contributed by atoms with Crippen LogP contribution < -0.4 is 4.90 Å². The molecule has 0 N–H and O–H groups in total. The Morgan fingerprint density at radius 3 is 2.58 bits per heavy atom. The molecule has 1 atom stereocenters. The number of esters is 1. The average Bonchev–Trinajstić information content (AvgIpc) is 2.98. The van der Waals surface area contributed by atoms with Gasteiger partial charge in [0.2, 0.25) is 11.8 Å². The Morgan fingerprint density at radius 1 is 1.19 bits per heavy atom. The van der Waals surface area contributed by atoms with Crippen LogP contribution in [0, 0.1) is 5.92 Å². The molecule has 0 aliphatic carbocycles. The van der Waals surface area contributed by atoms with Gasteiger partial charge in [-0.25, -0.2) is 9.69 Å². The number of hydrogen-bond acceptors (Lipinski definition) is 5. The number of hydrogen-bond donors (Lipinski definition) is 0. The Labute approximate surface area is 154 Å². The predicted octanol–water partition coefficient (Wildman–Crippen LogP) is 2.62. The van der Waals surface area contributed by atoms with Gasteiger partial charge < -0.3 is 9.64 Å². The first-order valence-corrected chi connectivity index (χ1v) is 9.33. The molecule has 6 heteroatoms. The fraction of sp³-hybridized carbons (Fsp3) is 0.550. The molecule has 0 bridgehead atoms. The molecular weight excluding hydrogens is 332 g/mol. The van der Waals surface area contributed by atoms with Crippen molar-refractivity contribution in [3.8, 4) is 0 Å². The van der Waals surface area contributed by atoms with Gasteiger partial charge in [0.25, 0.3) is 0 Å². The molecule has 2 aliphatic rings. The Bertz CT molecular complexity index is 685. The summed E-state index contributed by atoms with van der Waals surface area (Å²) in [4.78, 5) is 40.1. The SMILES string of the molecule is CC(C)N1CCC[C@H](COC(=O)c2ccccc2N2C(=O)CCC2=O)C1. The molecule has 0 radical (unpaired) electrons. The first-order chi connectivity index (χ1) is 12.5. The highest BCUT2D eigenvalue weighted by atomic mass is 16.5. The Kier molecular flexibility index (Phi) is 5.71. The lowest BCUT2D eigenvalue weighted by atomic mass is 9.98. The molecule has 6 nitrogen and oxygen atoms in total. The molecule has 2 fully saturated rings. The van der Waals surface area contributed by atoms with Crippen molar-refractivity contribution in [1.29, 1.82) is 0 Å². The van der Waals surface area contributed by atoms with E-state index in [1.165, 1.54) is 0 Å². The van der Waals surface area contributed by atoms with Crippen molar-refractivity contribution >= 4 is 23.5 Å². The van der Waals surface area contributed by atoms with Gasteiger partial charge in [-0.05, 0) is 45.4 Å². The highest BCUT2D eigenvalue weighted by Gasteiger charge is 2.33. The average molecular weight is 358 g/mol. The monoisotopic (exact) mass is 358 g/mol. The summed E-state index contributed by atoms with van der Waals surface area (Å²) in [5.74, 6) is -0.697. The first-order valence-electron chi connectivity index (χ1n) is 9.33. The number of benzene rings is 1. The van der Waals surface area contributed by atoms with E-state index in [2.05, 4.69) is 18.7 Å². The molecule has 0 saturated carbocycles. The van der Waals surface area contributed by atoms with Crippen molar-refractivity contribution in [3.63, 3.8) is 0 Å². The summed E-state index contributed by atoms with van der Waals surface area (Å²) >= 11 is 0. The summed E-state index contributed by atoms with van der Waals surface area (Å²) in [5.41, 5.74) is 0.602. The number of nitrogens with zero attached hydrogens (tertiary/aromatic N) is 2. The van der Waals surface area contributed by atoms with Crippen LogP contribution in [0.2, 0.25) is 0 Å². The zero-order valence-corrected chi connectivity index (χ0v) is 15.4. The molecule has 0 aromatic heterocycles. The third-order valence-corrected chi connectivity index (χ3v) is 5.15. The minimum absolute atomic E-state index is 0.190. The van der Waals surface area contributed by atoms with Gasteiger partial charge in [-0.2, -0.15) is 0 Å². The summed E-state index contributed by atoms with van der Waals surface area (Å²) in [6, 6.07) is 7.15. The molecule has 26 heavy (non-hydrogen) atoms. The van der Waals surface area contributed by atoms with E-state index in [-0.39, 0.29) is 30.2 Å². The van der Waals surface area contributed by atoms with Crippen molar-refractivity contribution in [2.45, 2.75) is 45.6 Å². The van der Waals surface area contributed by atoms with Crippen LogP contribution >= 0.6 is 0 Å². The van der Waals surface area contributed by atoms with Gasteiger partial charge in [-0.3, -0.25) is 9.59 Å². The quantitative estimate of drug-likeness (QED) is 0.598. The number of rotatable bonds is 5. The lowest BCUT2D eigenvalue weighted by Crippen LogP contribution is -2.41. The number of carbonyl (C=O) groups excluding carboxylic acids is 3. The third kappa shape index (κ3) is 3.96. The van der Waals surface area contributed by atoms with E-state index < -0.39 is 5.97 Å². The molecule has 2 amide bonds. The van der Waals surface area contributed by atoms with Crippen LogP contribution in [0.1, 0.15) is 49.9 Å². The lowest BCUT2D eigenvalue weighted by molar-refractivity contribution is -0.121. The topological polar surface area (TPSA) is 66.9 Å². The molecule has 140 valence electrons. The number of carbonyl (C=O) groups is 3. The smallest absolute Gasteiger partial charge is 0.340 e. The predicted molar refractivity (Wildman–Crippen MR) is 97.9 cm³/mol. The lowest BCUT2D eigenvalue weighted by Gasteiger charge is -2.35. The van der Waals surface area contributed by atoms with Gasteiger partial charge in [-0.15, -0.1) is 0 Å². The summed E-state index contributed by atoms with van der Waals surface area (Å²) in [7, 11) is 0. The van der Waals surface area contributed by atoms with Crippen LogP contribution in [0.25, 0.3) is 0 Å². The number of likely N-dealkylation sites (tertiary alicyclic amines) is 1. The van der Waals surface area contributed by atoms with E-state index in [1.807, 2.05) is 0 Å². The molecule has 2 saturated heterocycles. The van der Waals surface area contributed by atoms with Gasteiger partial charge in [-0.1, -0.05) is 12.1 Å². The maximum Gasteiger partial charge on any atom is 0.340 e. The second-order valence-electron chi connectivity index (χ2n) is 7.34. The highest BCUT2D eigenvalue weighted by molar-refractivity contribution is 6.21. The molecule has 0 unspecified atom stereocenters. The minimum atomic E-state index is -0.477. The summed E-state index contributed by atoms with van der Waals surface area (Å²) < 4.78 is 5.55. The van der Waals surface area contributed by atoms with Crippen molar-refractivity contribution < 1.29 is 19.1 Å². The molecule has 1 aromatic rings. The Morgan fingerprint density at radius 2 is 1.88 bits per heavy atom. The minimum Gasteiger partial charge on any atom is -0.462 e. The van der Waals surface area contributed by atoms with Crippen molar-refractivity contribution in [2.24, 2.45) is 5.92 Å². The van der Waals surface area contributed by atoms with Gasteiger partial charge >= 0.3 is 5.97 Å². The zero-order chi connectivity index (χ0) is 18.7. The highest BCUT2D eigenvalue weighted by Crippen LogP contribution is 2.27. The van der Waals surface area contributed by atoms with Crippen LogP contribution in [-0.2, 0) is 14.3 Å². The van der Waals surface area contributed by atoms with E-state index in [0.29, 0.717) is 24.3 Å². The standard InChI is InChI=1S/C20H26N2O4/c1-14(2)21-11-5-6-15(12-21)13-26-20(25)16-7-3-4-8-17(16)22-18(23)9-10-19(22)24/h3-4,7-8,14-15H,5-6,9-13H2,1-2H3/t15-/m0/s1. The molecule has 2 aliphatic heterocycles. The maximum absolute atomic E-state index is 12.6. The van der Waals surface area contributed by atoms with Gasteiger partial charge in [0.05, 0.1) is 17.9 Å². The van der Waals surface area contributed by atoms with Crippen LogP contribution in [0.5, 0.6) is 0 Å². The van der Waals surface area contributed by atoms with Crippen LogP contribution in [0.4, 0.5) is 5.69 Å². The van der Waals surface area contributed by atoms with Gasteiger partial charge in [0.15, 0.2) is 0 Å². The maximum atomic E-state index is 12.6. The van der Waals surface area contributed by atoms with E-state index in [9.17, 15) is 14.4 Å². The van der Waals surface area contributed by atoms with Crippen LogP contribution in [-0.4, -0.2) is 48.4 Å². The number of amides is 2. The summed E-state index contributed by atoms with van der Waals surface area (Å²) in [5, 5.41) is 0. The van der Waals surface area contributed by atoms with E-state index in [4.69, 9.17) is 4.74 Å². The number of imide groups is 1. The molecule has 2 heterocycles. The van der Waals surface area contributed by atoms with E-state index in [0.717, 1.165) is 30.8 Å². The van der Waals surface area contributed by atoms with Crippen LogP contribution in [0.3, 0.4) is 0 Å². The summed E-state index contributed by atoms with van der Waals surface area (Å²) in [6.45, 7) is 6.72. The number of anilines is 1. The zero-order valence-electron chi connectivity index (χ0n) is 15.4. The first kappa shape index (κ1) is 18.6. The number of piperidine rings is 1. The largest absolute Gasteiger partial charge is 0.462 e. The molecule has 3 rings (SSSR count). The van der Waals surface area contributed by atoms with Crippen molar-refractivity contribution in [3.05, 3.63) is 29.8 Å². The third-order valence-electron chi connectivity index (χ3n) is 5.15. The van der Waals surface area contributed by atoms with Gasteiger partial charge in [0, 0.05) is 31.3 Å². The fourth-order valence-electron chi connectivity index (χ4n) is 3.66. The Balaban J connectivity index is 1.67. The number of para-hydroxylation sites is 1. The van der Waals surface area contributed by atoms with Crippen molar-refractivity contribution in [1.82, 2.24) is 4.90 Å². The van der Waals surface area contributed by atoms with Gasteiger partial charge in [0.1, 0.15) is 0 Å². The molecular formula is C20H26N2O4. The van der Waals surface area contributed by atoms with Crippen molar-refractivity contribution in [2.75, 3.05) is 24.6 Å².